The number of nitrogens with one attached hydrogen (secondary N) is 1. The van der Waals surface area contributed by atoms with Gasteiger partial charge in [-0.3, -0.25) is 0 Å². The van der Waals surface area contributed by atoms with Crippen LogP contribution in [0.1, 0.15) is 33.4 Å². The molecule has 0 amide bonds. The summed E-state index contributed by atoms with van der Waals surface area (Å²) in [4.78, 5) is 8.61. The maximum absolute atomic E-state index is 6.18. The molecule has 18 heavy (non-hydrogen) atoms. The number of anilines is 1. The molecule has 1 unspecified atom stereocenters. The molecule has 5 heteroatoms. The van der Waals surface area contributed by atoms with Crippen LogP contribution in [0.4, 0.5) is 5.95 Å². The van der Waals surface area contributed by atoms with Gasteiger partial charge in [-0.2, -0.15) is 4.98 Å². The minimum atomic E-state index is 0.0589. The first-order chi connectivity index (χ1) is 8.38. The summed E-state index contributed by atoms with van der Waals surface area (Å²) in [6.07, 6.45) is 0.101. The quantitative estimate of drug-likeness (QED) is 0.807. The van der Waals surface area contributed by atoms with Crippen LogP contribution in [0.5, 0.6) is 5.88 Å². The Kier molecular flexibility index (Phi) is 5.66. The molecule has 4 nitrogen and oxygen atoms in total. The van der Waals surface area contributed by atoms with Crippen LogP contribution in [0, 0.1) is 12.8 Å². The summed E-state index contributed by atoms with van der Waals surface area (Å²) >= 11 is 6.18. The molecule has 0 saturated carbocycles. The zero-order chi connectivity index (χ0) is 13.7. The SMILES string of the molecule is Cc1cc(OC(C)C)nc(NCC(Cl)C(C)C)n1. The van der Waals surface area contributed by atoms with E-state index >= 15 is 0 Å². The molecule has 1 rings (SSSR count). The van der Waals surface area contributed by atoms with Crippen molar-refractivity contribution in [2.75, 3.05) is 11.9 Å². The highest BCUT2D eigenvalue weighted by molar-refractivity contribution is 6.21. The summed E-state index contributed by atoms with van der Waals surface area (Å²) in [6.45, 7) is 10.7. The van der Waals surface area contributed by atoms with E-state index in [-0.39, 0.29) is 11.5 Å². The Morgan fingerprint density at radius 2 is 1.94 bits per heavy atom. The number of alkyl halides is 1. The van der Waals surface area contributed by atoms with E-state index in [4.69, 9.17) is 16.3 Å². The third kappa shape index (κ3) is 5.08. The normalized spacial score (nSPS) is 12.9. The lowest BCUT2D eigenvalue weighted by Crippen LogP contribution is -2.21. The molecule has 0 aliphatic carbocycles. The molecule has 0 fully saturated rings. The summed E-state index contributed by atoms with van der Waals surface area (Å²) in [5.41, 5.74) is 0.874. The molecule has 0 bridgehead atoms. The third-order valence-corrected chi connectivity index (χ3v) is 3.02. The molecule has 0 aliphatic rings. The van der Waals surface area contributed by atoms with Gasteiger partial charge in [-0.1, -0.05) is 13.8 Å². The highest BCUT2D eigenvalue weighted by Gasteiger charge is 2.11. The molecule has 0 aliphatic heterocycles. The number of aryl methyl sites for hydroxylation is 1. The predicted molar refractivity (Wildman–Crippen MR) is 75.5 cm³/mol. The maximum atomic E-state index is 6.18. The highest BCUT2D eigenvalue weighted by atomic mass is 35.5. The number of hydrogen-bond acceptors (Lipinski definition) is 4. The van der Waals surface area contributed by atoms with Crippen molar-refractivity contribution in [3.8, 4) is 5.88 Å². The zero-order valence-electron chi connectivity index (χ0n) is 11.7. The molecule has 0 spiro atoms. The molecule has 1 atom stereocenters. The number of hydrogen-bond donors (Lipinski definition) is 1. The summed E-state index contributed by atoms with van der Waals surface area (Å²) < 4.78 is 5.57. The van der Waals surface area contributed by atoms with Gasteiger partial charge in [-0.05, 0) is 26.7 Å². The topological polar surface area (TPSA) is 47.0 Å². The van der Waals surface area contributed by atoms with Crippen LogP contribution in [-0.4, -0.2) is 28.0 Å². The lowest BCUT2D eigenvalue weighted by molar-refractivity contribution is 0.232. The number of ether oxygens (including phenoxy) is 1. The van der Waals surface area contributed by atoms with E-state index in [0.717, 1.165) is 5.69 Å². The molecule has 0 radical (unpaired) electrons. The highest BCUT2D eigenvalue weighted by Crippen LogP contribution is 2.15. The van der Waals surface area contributed by atoms with E-state index in [1.54, 1.807) is 0 Å². The molecular weight excluding hydrogens is 250 g/mol. The Labute approximate surface area is 114 Å². The second kappa shape index (κ2) is 6.78. The van der Waals surface area contributed by atoms with E-state index in [0.29, 0.717) is 24.3 Å². The molecule has 102 valence electrons. The summed E-state index contributed by atoms with van der Waals surface area (Å²) in [7, 11) is 0. The first-order valence-corrected chi connectivity index (χ1v) is 6.72. The largest absolute Gasteiger partial charge is 0.475 e. The lowest BCUT2D eigenvalue weighted by atomic mass is 10.1. The van der Waals surface area contributed by atoms with Gasteiger partial charge < -0.3 is 10.1 Å². The van der Waals surface area contributed by atoms with Gasteiger partial charge in [-0.15, -0.1) is 11.6 Å². The smallest absolute Gasteiger partial charge is 0.226 e. The van der Waals surface area contributed by atoms with Crippen molar-refractivity contribution >= 4 is 17.5 Å². The number of rotatable bonds is 6. The van der Waals surface area contributed by atoms with Crippen LogP contribution in [0.3, 0.4) is 0 Å². The monoisotopic (exact) mass is 271 g/mol. The Bertz CT molecular complexity index is 382. The van der Waals surface area contributed by atoms with E-state index < -0.39 is 0 Å². The van der Waals surface area contributed by atoms with Crippen molar-refractivity contribution in [2.45, 2.75) is 46.1 Å². The lowest BCUT2D eigenvalue weighted by Gasteiger charge is -2.15. The van der Waals surface area contributed by atoms with Crippen molar-refractivity contribution in [2.24, 2.45) is 5.92 Å². The first-order valence-electron chi connectivity index (χ1n) is 6.28. The molecule has 0 saturated heterocycles. The van der Waals surface area contributed by atoms with Gasteiger partial charge in [0, 0.05) is 18.3 Å². The van der Waals surface area contributed by atoms with Crippen molar-refractivity contribution in [1.82, 2.24) is 9.97 Å². The van der Waals surface area contributed by atoms with Crippen LogP contribution in [-0.2, 0) is 0 Å². The van der Waals surface area contributed by atoms with Gasteiger partial charge in [-0.25, -0.2) is 4.98 Å². The fraction of sp³-hybridized carbons (Fsp3) is 0.692. The maximum Gasteiger partial charge on any atom is 0.226 e. The number of nitrogens with zero attached hydrogens (tertiary/aromatic N) is 2. The van der Waals surface area contributed by atoms with Crippen molar-refractivity contribution < 1.29 is 4.74 Å². The second-order valence-corrected chi connectivity index (χ2v) is 5.54. The van der Waals surface area contributed by atoms with Crippen molar-refractivity contribution in [3.63, 3.8) is 0 Å². The van der Waals surface area contributed by atoms with Gasteiger partial charge in [0.1, 0.15) is 0 Å². The van der Waals surface area contributed by atoms with Crippen LogP contribution < -0.4 is 10.1 Å². The molecular formula is C13H22ClN3O. The van der Waals surface area contributed by atoms with E-state index in [1.165, 1.54) is 0 Å². The van der Waals surface area contributed by atoms with Gasteiger partial charge in [0.25, 0.3) is 0 Å². The minimum Gasteiger partial charge on any atom is -0.475 e. The van der Waals surface area contributed by atoms with Gasteiger partial charge in [0.2, 0.25) is 11.8 Å². The van der Waals surface area contributed by atoms with Gasteiger partial charge in [0.05, 0.1) is 11.5 Å². The Morgan fingerprint density at radius 3 is 2.50 bits per heavy atom. The van der Waals surface area contributed by atoms with E-state index in [9.17, 15) is 0 Å². The van der Waals surface area contributed by atoms with Gasteiger partial charge >= 0.3 is 0 Å². The summed E-state index contributed by atoms with van der Waals surface area (Å²) in [6, 6.07) is 1.83. The average Bonchev–Trinajstić information content (AvgIpc) is 2.23. The van der Waals surface area contributed by atoms with Gasteiger partial charge in [0.15, 0.2) is 0 Å². The van der Waals surface area contributed by atoms with Crippen LogP contribution in [0.15, 0.2) is 6.07 Å². The number of halogens is 1. The van der Waals surface area contributed by atoms with Crippen LogP contribution in [0.25, 0.3) is 0 Å². The number of aromatic nitrogens is 2. The first kappa shape index (κ1) is 15.0. The van der Waals surface area contributed by atoms with Crippen molar-refractivity contribution in [3.05, 3.63) is 11.8 Å². The Hall–Kier alpha value is -1.03. The molecule has 0 aromatic carbocycles. The van der Waals surface area contributed by atoms with Crippen LogP contribution in [0.2, 0.25) is 0 Å². The predicted octanol–water partition coefficient (Wildman–Crippen LogP) is 3.25. The van der Waals surface area contributed by atoms with Crippen LogP contribution >= 0.6 is 11.6 Å². The fourth-order valence-corrected chi connectivity index (χ4v) is 1.42. The molecule has 1 N–H and O–H groups in total. The summed E-state index contributed by atoms with van der Waals surface area (Å²) in [5.74, 6) is 1.57. The summed E-state index contributed by atoms with van der Waals surface area (Å²) in [5, 5.41) is 3.20. The molecule has 1 aromatic rings. The minimum absolute atomic E-state index is 0.0589. The zero-order valence-corrected chi connectivity index (χ0v) is 12.5. The molecule has 1 aromatic heterocycles. The fourth-order valence-electron chi connectivity index (χ4n) is 1.35. The van der Waals surface area contributed by atoms with E-state index in [2.05, 4.69) is 29.1 Å². The van der Waals surface area contributed by atoms with E-state index in [1.807, 2.05) is 26.8 Å². The standard InChI is InChI=1S/C13H22ClN3O/c1-8(2)11(14)7-15-13-16-10(5)6-12(17-13)18-9(3)4/h6,8-9,11H,7H2,1-5H3,(H,15,16,17). The Morgan fingerprint density at radius 1 is 1.28 bits per heavy atom. The second-order valence-electron chi connectivity index (χ2n) is 4.98. The molecule has 1 heterocycles. The third-order valence-electron chi connectivity index (χ3n) is 2.37. The Balaban J connectivity index is 2.68. The average molecular weight is 272 g/mol. The van der Waals surface area contributed by atoms with Crippen molar-refractivity contribution in [1.29, 1.82) is 0 Å².